The Morgan fingerprint density at radius 1 is 1.15 bits per heavy atom. The van der Waals surface area contributed by atoms with Crippen molar-refractivity contribution in [2.75, 3.05) is 20.0 Å². The van der Waals surface area contributed by atoms with Gasteiger partial charge in [-0.3, -0.25) is 4.57 Å². The summed E-state index contributed by atoms with van der Waals surface area (Å²) in [6, 6.07) is 6.56. The number of nitrogens with two attached hydrogens (primary N) is 1. The molecule has 0 aliphatic carbocycles. The summed E-state index contributed by atoms with van der Waals surface area (Å²) >= 11 is 0. The second-order valence-corrected chi connectivity index (χ2v) is 4.70. The minimum absolute atomic E-state index is 0.506. The molecule has 4 nitrogen and oxygen atoms in total. The van der Waals surface area contributed by atoms with Gasteiger partial charge in [0.1, 0.15) is 0 Å². The monoisotopic (exact) mass is 201 g/mol. The maximum Gasteiger partial charge on any atom is 0.360 e. The van der Waals surface area contributed by atoms with E-state index < -0.39 is 7.60 Å². The minimum Gasteiger partial charge on any atom is -0.399 e. The molecule has 0 saturated heterocycles. The molecule has 0 spiro atoms. The molecule has 13 heavy (non-hydrogen) atoms. The van der Waals surface area contributed by atoms with E-state index >= 15 is 0 Å². The third-order valence-corrected chi connectivity index (χ3v) is 3.58. The van der Waals surface area contributed by atoms with Crippen LogP contribution in [-0.4, -0.2) is 14.2 Å². The van der Waals surface area contributed by atoms with Crippen molar-refractivity contribution in [2.45, 2.75) is 0 Å². The Balaban J connectivity index is 3.07. The van der Waals surface area contributed by atoms with Crippen LogP contribution in [0.15, 0.2) is 24.3 Å². The van der Waals surface area contributed by atoms with Crippen molar-refractivity contribution in [1.82, 2.24) is 0 Å². The molecule has 1 aromatic rings. The van der Waals surface area contributed by atoms with Gasteiger partial charge in [-0.1, -0.05) is 0 Å². The zero-order valence-corrected chi connectivity index (χ0v) is 8.45. The molecule has 5 heteroatoms. The van der Waals surface area contributed by atoms with Gasteiger partial charge in [-0.05, 0) is 24.3 Å². The highest BCUT2D eigenvalue weighted by Gasteiger charge is 2.23. The molecule has 0 radical (unpaired) electrons. The van der Waals surface area contributed by atoms with Crippen molar-refractivity contribution in [3.63, 3.8) is 0 Å². The number of hydrogen-bond acceptors (Lipinski definition) is 4. The van der Waals surface area contributed by atoms with Crippen molar-refractivity contribution >= 4 is 18.6 Å². The molecule has 0 bridgehead atoms. The quantitative estimate of drug-likeness (QED) is 0.592. The molecule has 72 valence electrons. The minimum atomic E-state index is -3.11. The first kappa shape index (κ1) is 10.3. The average Bonchev–Trinajstić information content (AvgIpc) is 2.18. The predicted octanol–water partition coefficient (Wildman–Crippen LogP) is 1.38. The van der Waals surface area contributed by atoms with Crippen molar-refractivity contribution in [3.8, 4) is 0 Å². The number of benzene rings is 1. The summed E-state index contributed by atoms with van der Waals surface area (Å²) in [6.45, 7) is 0. The first-order valence-corrected chi connectivity index (χ1v) is 5.24. The molecular formula is C8H12NO3P. The summed E-state index contributed by atoms with van der Waals surface area (Å²) in [5.41, 5.74) is 6.09. The molecule has 0 heterocycles. The van der Waals surface area contributed by atoms with Crippen LogP contribution in [0.25, 0.3) is 0 Å². The van der Waals surface area contributed by atoms with Crippen LogP contribution in [0.5, 0.6) is 0 Å². The molecule has 0 aromatic heterocycles. The van der Waals surface area contributed by atoms with E-state index in [4.69, 9.17) is 14.8 Å². The lowest BCUT2D eigenvalue weighted by atomic mass is 10.3. The Morgan fingerprint density at radius 3 is 2.00 bits per heavy atom. The third kappa shape index (κ3) is 2.10. The maximum absolute atomic E-state index is 11.8. The molecule has 1 aromatic carbocycles. The van der Waals surface area contributed by atoms with E-state index in [1.54, 1.807) is 24.3 Å². The van der Waals surface area contributed by atoms with Crippen LogP contribution in [0.3, 0.4) is 0 Å². The van der Waals surface area contributed by atoms with Gasteiger partial charge >= 0.3 is 7.60 Å². The van der Waals surface area contributed by atoms with Crippen LogP contribution >= 0.6 is 7.60 Å². The highest BCUT2D eigenvalue weighted by atomic mass is 31.2. The van der Waals surface area contributed by atoms with Gasteiger partial charge in [-0.25, -0.2) is 0 Å². The second kappa shape index (κ2) is 3.92. The lowest BCUT2D eigenvalue weighted by molar-refractivity contribution is 0.287. The molecule has 0 aliphatic heterocycles. The first-order valence-electron chi connectivity index (χ1n) is 3.70. The van der Waals surface area contributed by atoms with E-state index in [1.165, 1.54) is 14.2 Å². The Labute approximate surface area is 77.2 Å². The highest BCUT2D eigenvalue weighted by Crippen LogP contribution is 2.44. The number of anilines is 1. The Kier molecular flexibility index (Phi) is 3.09. The fourth-order valence-corrected chi connectivity index (χ4v) is 2.03. The Bertz CT molecular complexity index is 315. The van der Waals surface area contributed by atoms with E-state index in [9.17, 15) is 4.57 Å². The highest BCUT2D eigenvalue weighted by molar-refractivity contribution is 7.62. The van der Waals surface area contributed by atoms with Crippen molar-refractivity contribution in [3.05, 3.63) is 24.3 Å². The summed E-state index contributed by atoms with van der Waals surface area (Å²) in [4.78, 5) is 0. The maximum atomic E-state index is 11.8. The normalized spacial score (nSPS) is 11.5. The van der Waals surface area contributed by atoms with Crippen LogP contribution in [0.2, 0.25) is 0 Å². The predicted molar refractivity (Wildman–Crippen MR) is 52.1 cm³/mol. The molecule has 2 N–H and O–H groups in total. The van der Waals surface area contributed by atoms with Crippen LogP contribution in [0.1, 0.15) is 0 Å². The van der Waals surface area contributed by atoms with Crippen molar-refractivity contribution in [1.29, 1.82) is 0 Å². The molecule has 0 aliphatic rings. The van der Waals surface area contributed by atoms with Gasteiger partial charge in [0, 0.05) is 19.9 Å². The van der Waals surface area contributed by atoms with E-state index in [0.29, 0.717) is 11.0 Å². The second-order valence-electron chi connectivity index (χ2n) is 2.45. The van der Waals surface area contributed by atoms with Crippen molar-refractivity contribution < 1.29 is 13.6 Å². The fraction of sp³-hybridized carbons (Fsp3) is 0.250. The summed E-state index contributed by atoms with van der Waals surface area (Å²) in [5, 5.41) is 0.506. The topological polar surface area (TPSA) is 61.5 Å². The standard InChI is InChI=1S/C8H12NO3P/c1-11-13(10,12-2)8-5-3-7(9)4-6-8/h3-6H,9H2,1-2H3. The lowest BCUT2D eigenvalue weighted by Gasteiger charge is -2.13. The smallest absolute Gasteiger partial charge is 0.360 e. The molecule has 1 rings (SSSR count). The Hall–Kier alpha value is -0.830. The van der Waals surface area contributed by atoms with Crippen LogP contribution in [0, 0.1) is 0 Å². The van der Waals surface area contributed by atoms with E-state index in [2.05, 4.69) is 0 Å². The zero-order valence-electron chi connectivity index (χ0n) is 7.56. The summed E-state index contributed by atoms with van der Waals surface area (Å²) in [5.74, 6) is 0. The van der Waals surface area contributed by atoms with Gasteiger partial charge < -0.3 is 14.8 Å². The van der Waals surface area contributed by atoms with Gasteiger partial charge in [0.15, 0.2) is 0 Å². The summed E-state index contributed by atoms with van der Waals surface area (Å²) in [7, 11) is -0.413. The van der Waals surface area contributed by atoms with Crippen molar-refractivity contribution in [2.24, 2.45) is 0 Å². The van der Waals surface area contributed by atoms with Gasteiger partial charge in [0.2, 0.25) is 0 Å². The van der Waals surface area contributed by atoms with Gasteiger partial charge in [-0.2, -0.15) is 0 Å². The van der Waals surface area contributed by atoms with E-state index in [-0.39, 0.29) is 0 Å². The lowest BCUT2D eigenvalue weighted by Crippen LogP contribution is -2.07. The molecule has 0 atom stereocenters. The molecule has 0 saturated carbocycles. The SMILES string of the molecule is COP(=O)(OC)c1ccc(N)cc1. The van der Waals surface area contributed by atoms with Crippen LogP contribution < -0.4 is 11.0 Å². The molecule has 0 fully saturated rings. The van der Waals surface area contributed by atoms with Gasteiger partial charge in [0.25, 0.3) is 0 Å². The van der Waals surface area contributed by atoms with E-state index in [1.807, 2.05) is 0 Å². The molecule has 0 amide bonds. The summed E-state index contributed by atoms with van der Waals surface area (Å²) in [6.07, 6.45) is 0. The number of rotatable bonds is 3. The third-order valence-electron chi connectivity index (χ3n) is 1.69. The molecule has 0 unspecified atom stereocenters. The van der Waals surface area contributed by atoms with Crippen LogP contribution in [0.4, 0.5) is 5.69 Å². The summed E-state index contributed by atoms with van der Waals surface area (Å²) < 4.78 is 21.4. The Morgan fingerprint density at radius 2 is 1.62 bits per heavy atom. The van der Waals surface area contributed by atoms with Gasteiger partial charge in [-0.15, -0.1) is 0 Å². The average molecular weight is 201 g/mol. The van der Waals surface area contributed by atoms with Crippen LogP contribution in [-0.2, 0) is 13.6 Å². The number of hydrogen-bond donors (Lipinski definition) is 1. The largest absolute Gasteiger partial charge is 0.399 e. The van der Waals surface area contributed by atoms with Gasteiger partial charge in [0.05, 0.1) is 5.30 Å². The van der Waals surface area contributed by atoms with E-state index in [0.717, 1.165) is 0 Å². The first-order chi connectivity index (χ1) is 6.12. The zero-order chi connectivity index (χ0) is 9.90. The fourth-order valence-electron chi connectivity index (χ4n) is 0.942. The molecular weight excluding hydrogens is 189 g/mol. The number of nitrogen functional groups attached to an aromatic ring is 1.